The minimum Gasteiger partial charge on any atom is -0.462 e. The average molecular weight is 601 g/mol. The van der Waals surface area contributed by atoms with Gasteiger partial charge in [-0.3, -0.25) is 4.79 Å². The Labute approximate surface area is 249 Å². The van der Waals surface area contributed by atoms with Crippen LogP contribution in [0.3, 0.4) is 0 Å². The molecule has 0 saturated heterocycles. The van der Waals surface area contributed by atoms with E-state index >= 15 is 0 Å². The Morgan fingerprint density at radius 1 is 0.818 bits per heavy atom. The Morgan fingerprint density at radius 2 is 1.30 bits per heavy atom. The van der Waals surface area contributed by atoms with Crippen LogP contribution in [-0.4, -0.2) is 67.4 Å². The van der Waals surface area contributed by atoms with Gasteiger partial charge in [-0.2, -0.15) is 29.8 Å². The highest BCUT2D eigenvalue weighted by Gasteiger charge is 2.21. The summed E-state index contributed by atoms with van der Waals surface area (Å²) < 4.78 is 10.6. The van der Waals surface area contributed by atoms with E-state index in [4.69, 9.17) is 16.2 Å². The lowest BCUT2D eigenvalue weighted by atomic mass is 10.2. The van der Waals surface area contributed by atoms with E-state index in [0.717, 1.165) is 0 Å². The molecule has 19 nitrogen and oxygen atoms in total. The van der Waals surface area contributed by atoms with Gasteiger partial charge in [-0.05, 0) is 27.7 Å². The molecule has 5 heterocycles. The summed E-state index contributed by atoms with van der Waals surface area (Å²) in [6.07, 6.45) is 4.08. The molecule has 0 aliphatic carbocycles. The van der Waals surface area contributed by atoms with E-state index in [0.29, 0.717) is 28.6 Å². The summed E-state index contributed by atoms with van der Waals surface area (Å²) in [7, 11) is 3.27. The van der Waals surface area contributed by atoms with Crippen molar-refractivity contribution in [3.05, 3.63) is 47.3 Å². The zero-order chi connectivity index (χ0) is 31.7. The molecular weight excluding hydrogens is 572 g/mol. The highest BCUT2D eigenvalue weighted by Crippen LogP contribution is 2.33. The van der Waals surface area contributed by atoms with Crippen molar-refractivity contribution in [2.75, 3.05) is 18.1 Å². The molecular formula is C25H28N16O3. The van der Waals surface area contributed by atoms with Crippen LogP contribution in [0.5, 0.6) is 0 Å². The first kappa shape index (κ1) is 29.4. The average Bonchev–Trinajstić information content (AvgIpc) is 3.71. The van der Waals surface area contributed by atoms with Crippen LogP contribution in [0.2, 0.25) is 0 Å². The van der Waals surface area contributed by atoms with Crippen molar-refractivity contribution in [3.8, 4) is 11.6 Å². The summed E-state index contributed by atoms with van der Waals surface area (Å²) in [6.45, 7) is 6.73. The first-order valence-corrected chi connectivity index (χ1v) is 13.1. The summed E-state index contributed by atoms with van der Waals surface area (Å²) >= 11 is 0. The van der Waals surface area contributed by atoms with Crippen molar-refractivity contribution < 1.29 is 14.3 Å². The number of anilines is 2. The molecule has 19 heteroatoms. The number of ketones is 1. The number of nitrogen functional groups attached to an aromatic ring is 2. The Bertz CT molecular complexity index is 1960. The number of azo groups is 2. The number of Topliss-reactive ketones (excluding diaryl/α,β-unsaturated/α-hetero) is 1. The fourth-order valence-electron chi connectivity index (χ4n) is 4.13. The van der Waals surface area contributed by atoms with Gasteiger partial charge in [0.05, 0.1) is 36.0 Å². The first-order chi connectivity index (χ1) is 21.0. The second kappa shape index (κ2) is 11.6. The largest absolute Gasteiger partial charge is 0.462 e. The van der Waals surface area contributed by atoms with E-state index in [-0.39, 0.29) is 52.6 Å². The van der Waals surface area contributed by atoms with Crippen LogP contribution in [0.1, 0.15) is 46.0 Å². The number of aryl methyl sites for hydroxylation is 4. The smallest absolute Gasteiger partial charge is 0.343 e. The molecule has 0 aliphatic rings. The van der Waals surface area contributed by atoms with Gasteiger partial charge >= 0.3 is 5.97 Å². The highest BCUT2D eigenvalue weighted by molar-refractivity contribution is 5.98. The van der Waals surface area contributed by atoms with Gasteiger partial charge in [0, 0.05) is 20.2 Å². The van der Waals surface area contributed by atoms with Crippen molar-refractivity contribution in [1.29, 1.82) is 0 Å². The van der Waals surface area contributed by atoms with Crippen molar-refractivity contribution in [3.63, 3.8) is 0 Å². The molecule has 0 aliphatic heterocycles. The van der Waals surface area contributed by atoms with Gasteiger partial charge in [-0.1, -0.05) is 0 Å². The van der Waals surface area contributed by atoms with E-state index in [1.807, 2.05) is 0 Å². The fraction of sp³-hybridized carbons (Fsp3) is 0.280. The maximum atomic E-state index is 12.3. The molecule has 5 aromatic heterocycles. The number of rotatable bonds is 9. The third-order valence-corrected chi connectivity index (χ3v) is 6.38. The van der Waals surface area contributed by atoms with Gasteiger partial charge in [0.25, 0.3) is 0 Å². The number of carbonyl (C=O) groups is 2. The predicted molar refractivity (Wildman–Crippen MR) is 155 cm³/mol. The molecule has 5 aromatic rings. The molecule has 0 fully saturated rings. The molecule has 5 rings (SSSR count). The van der Waals surface area contributed by atoms with Crippen LogP contribution in [0.15, 0.2) is 45.2 Å². The van der Waals surface area contributed by atoms with Gasteiger partial charge in [-0.25, -0.2) is 24.1 Å². The van der Waals surface area contributed by atoms with Gasteiger partial charge in [0.1, 0.15) is 11.9 Å². The molecule has 0 radical (unpaired) electrons. The van der Waals surface area contributed by atoms with Gasteiger partial charge in [0.2, 0.25) is 0 Å². The van der Waals surface area contributed by atoms with E-state index < -0.39 is 5.97 Å². The molecule has 0 saturated carbocycles. The third-order valence-electron chi connectivity index (χ3n) is 6.38. The number of esters is 1. The van der Waals surface area contributed by atoms with Crippen molar-refractivity contribution in [2.45, 2.75) is 27.7 Å². The van der Waals surface area contributed by atoms with E-state index in [9.17, 15) is 9.59 Å². The van der Waals surface area contributed by atoms with Crippen LogP contribution in [0, 0.1) is 13.8 Å². The number of hydrogen-bond donors (Lipinski definition) is 2. The summed E-state index contributed by atoms with van der Waals surface area (Å²) in [5.41, 5.74) is 14.7. The summed E-state index contributed by atoms with van der Waals surface area (Å²) in [5, 5.41) is 33.9. The summed E-state index contributed by atoms with van der Waals surface area (Å²) in [6, 6.07) is 1.57. The minimum atomic E-state index is -0.570. The van der Waals surface area contributed by atoms with Crippen molar-refractivity contribution in [1.82, 2.24) is 49.1 Å². The maximum Gasteiger partial charge on any atom is 0.343 e. The van der Waals surface area contributed by atoms with Crippen LogP contribution >= 0.6 is 0 Å². The Morgan fingerprint density at radius 3 is 1.77 bits per heavy atom. The normalized spacial score (nSPS) is 11.7. The number of hydrogen-bond acceptors (Lipinski definition) is 15. The number of carbonyl (C=O) groups excluding carboxylic acids is 2. The maximum absolute atomic E-state index is 12.3. The molecule has 0 aromatic carbocycles. The quantitative estimate of drug-likeness (QED) is 0.141. The van der Waals surface area contributed by atoms with Gasteiger partial charge in [-0.15, -0.1) is 20.5 Å². The van der Waals surface area contributed by atoms with Crippen LogP contribution < -0.4 is 11.5 Å². The second-order valence-electron chi connectivity index (χ2n) is 9.38. The minimum absolute atomic E-state index is 0.132. The second-order valence-corrected chi connectivity index (χ2v) is 9.38. The van der Waals surface area contributed by atoms with Gasteiger partial charge < -0.3 is 16.2 Å². The number of aromatic nitrogens is 10. The number of ether oxygens (including phenoxy) is 1. The molecule has 44 heavy (non-hydrogen) atoms. The molecule has 0 amide bonds. The molecule has 0 unspecified atom stereocenters. The van der Waals surface area contributed by atoms with E-state index in [2.05, 4.69) is 50.8 Å². The summed E-state index contributed by atoms with van der Waals surface area (Å²) in [4.78, 5) is 32.8. The number of nitrogens with zero attached hydrogens (tertiary/aromatic N) is 14. The zero-order valence-electron chi connectivity index (χ0n) is 24.7. The SMILES string of the molecule is CCOC(=O)c1cnn(C)c1N=Nc1c(C)nn(-c2cc(-n3nc(C)c(N=Nc4c(C(C)=O)cnn4C)c3N)ncn2)c1N. The standard InChI is InChI=1S/C25H28N16O3/c1-7-44-25(43)16-10-31-39(6)24(16)35-33-20-13(3)37-41(22(20)27)18-8-17(28-11-29-18)40-21(26)19(12(2)36-40)32-34-23-15(14(4)42)9-30-38(23)5/h8-11H,7,26-27H2,1-6H3. The molecule has 0 spiro atoms. The van der Waals surface area contributed by atoms with Gasteiger partial charge in [0.15, 0.2) is 52.1 Å². The summed E-state index contributed by atoms with van der Waals surface area (Å²) in [5.74, 6) is 0.579. The Balaban J connectivity index is 1.46. The molecule has 0 bridgehead atoms. The lowest BCUT2D eigenvalue weighted by Crippen LogP contribution is -2.09. The fourth-order valence-corrected chi connectivity index (χ4v) is 4.13. The number of nitrogens with two attached hydrogens (primary N) is 2. The van der Waals surface area contributed by atoms with Crippen LogP contribution in [-0.2, 0) is 18.8 Å². The first-order valence-electron chi connectivity index (χ1n) is 13.1. The van der Waals surface area contributed by atoms with Crippen molar-refractivity contribution in [2.24, 2.45) is 34.6 Å². The molecule has 4 N–H and O–H groups in total. The topological polar surface area (TPSA) is 242 Å². The molecule has 226 valence electrons. The lowest BCUT2D eigenvalue weighted by Gasteiger charge is -2.06. The lowest BCUT2D eigenvalue weighted by molar-refractivity contribution is 0.0527. The Kier molecular flexibility index (Phi) is 7.75. The van der Waals surface area contributed by atoms with E-state index in [1.54, 1.807) is 40.9 Å². The molecule has 0 atom stereocenters. The highest BCUT2D eigenvalue weighted by atomic mass is 16.5. The third kappa shape index (κ3) is 5.28. The zero-order valence-corrected chi connectivity index (χ0v) is 24.7. The van der Waals surface area contributed by atoms with Crippen LogP contribution in [0.25, 0.3) is 11.6 Å². The monoisotopic (exact) mass is 600 g/mol. The van der Waals surface area contributed by atoms with Crippen LogP contribution in [0.4, 0.5) is 34.6 Å². The Hall–Kier alpha value is -6.14. The van der Waals surface area contributed by atoms with Crippen molar-refractivity contribution >= 4 is 46.4 Å². The van der Waals surface area contributed by atoms with E-state index in [1.165, 1.54) is 44.4 Å². The predicted octanol–water partition coefficient (Wildman–Crippen LogP) is 3.31.